The number of rotatable bonds is 2. The molecule has 0 unspecified atom stereocenters. The molecule has 0 bridgehead atoms. The molecule has 19 heavy (non-hydrogen) atoms. The summed E-state index contributed by atoms with van der Waals surface area (Å²) >= 11 is 3.54. The second-order valence-corrected chi connectivity index (χ2v) is 5.12. The highest BCUT2D eigenvalue weighted by Crippen LogP contribution is 2.28. The summed E-state index contributed by atoms with van der Waals surface area (Å²) in [4.78, 5) is 4.62. The minimum Gasteiger partial charge on any atom is -0.497 e. The Hall–Kier alpha value is -1.81. The third-order valence-corrected chi connectivity index (χ3v) is 3.72. The smallest absolute Gasteiger partial charge is 0.145 e. The van der Waals surface area contributed by atoms with E-state index in [2.05, 4.69) is 38.3 Å². The van der Waals surface area contributed by atoms with Crippen LogP contribution in [0.5, 0.6) is 5.75 Å². The molecule has 0 saturated heterocycles. The minimum atomic E-state index is 0.847. The lowest BCUT2D eigenvalue weighted by Gasteiger charge is -2.04. The summed E-state index contributed by atoms with van der Waals surface area (Å²) in [5.74, 6) is 1.77. The molecule has 96 valence electrons. The van der Waals surface area contributed by atoms with Crippen molar-refractivity contribution in [2.45, 2.75) is 6.92 Å². The van der Waals surface area contributed by atoms with Gasteiger partial charge in [0.05, 0.1) is 12.6 Å². The van der Waals surface area contributed by atoms with Crippen LogP contribution in [0, 0.1) is 6.92 Å². The molecule has 0 amide bonds. The molecular formula is C15H13BrN2O. The Morgan fingerprint density at radius 3 is 2.58 bits per heavy atom. The first kappa shape index (κ1) is 12.2. The number of ether oxygens (including phenoxy) is 1. The molecule has 2 heterocycles. The van der Waals surface area contributed by atoms with Gasteiger partial charge < -0.3 is 4.74 Å². The monoisotopic (exact) mass is 316 g/mol. The van der Waals surface area contributed by atoms with Gasteiger partial charge in [-0.3, -0.25) is 4.40 Å². The lowest BCUT2D eigenvalue weighted by atomic mass is 10.2. The summed E-state index contributed by atoms with van der Waals surface area (Å²) in [5, 5.41) is 0. The van der Waals surface area contributed by atoms with Crippen molar-refractivity contribution in [1.29, 1.82) is 0 Å². The molecule has 4 heteroatoms. The van der Waals surface area contributed by atoms with Gasteiger partial charge in [-0.2, -0.15) is 0 Å². The van der Waals surface area contributed by atoms with Gasteiger partial charge in [-0.25, -0.2) is 4.98 Å². The predicted molar refractivity (Wildman–Crippen MR) is 79.6 cm³/mol. The molecule has 0 aliphatic rings. The van der Waals surface area contributed by atoms with Crippen LogP contribution in [-0.4, -0.2) is 16.5 Å². The maximum Gasteiger partial charge on any atom is 0.145 e. The maximum absolute atomic E-state index is 5.18. The second-order valence-electron chi connectivity index (χ2n) is 4.36. The summed E-state index contributed by atoms with van der Waals surface area (Å²) in [6, 6.07) is 12.0. The first-order chi connectivity index (χ1) is 9.20. The summed E-state index contributed by atoms with van der Waals surface area (Å²) < 4.78 is 8.15. The van der Waals surface area contributed by atoms with Crippen LogP contribution in [0.15, 0.2) is 47.2 Å². The van der Waals surface area contributed by atoms with Crippen LogP contribution in [0.4, 0.5) is 0 Å². The number of halogens is 1. The van der Waals surface area contributed by atoms with Crippen LogP contribution in [0.25, 0.3) is 16.9 Å². The fourth-order valence-electron chi connectivity index (χ4n) is 2.20. The van der Waals surface area contributed by atoms with E-state index in [1.165, 1.54) is 5.56 Å². The molecule has 0 aliphatic heterocycles. The van der Waals surface area contributed by atoms with Gasteiger partial charge in [-0.05, 0) is 58.7 Å². The van der Waals surface area contributed by atoms with Gasteiger partial charge in [0, 0.05) is 11.8 Å². The topological polar surface area (TPSA) is 26.5 Å². The van der Waals surface area contributed by atoms with E-state index in [9.17, 15) is 0 Å². The number of hydrogen-bond acceptors (Lipinski definition) is 2. The molecule has 0 saturated carbocycles. The average molecular weight is 317 g/mol. The second kappa shape index (κ2) is 4.70. The van der Waals surface area contributed by atoms with Crippen LogP contribution >= 0.6 is 15.9 Å². The van der Waals surface area contributed by atoms with E-state index in [0.717, 1.165) is 27.3 Å². The van der Waals surface area contributed by atoms with E-state index in [0.29, 0.717) is 0 Å². The summed E-state index contributed by atoms with van der Waals surface area (Å²) in [7, 11) is 1.67. The molecule has 0 atom stereocenters. The Labute approximate surface area is 120 Å². The van der Waals surface area contributed by atoms with Gasteiger partial charge in [0.1, 0.15) is 16.2 Å². The van der Waals surface area contributed by atoms with Gasteiger partial charge in [0.2, 0.25) is 0 Å². The standard InChI is InChI=1S/C15H13BrN2O/c1-10-4-3-9-18-13(10)14(16)17-15(18)11-5-7-12(19-2)8-6-11/h3-9H,1-2H3. The third kappa shape index (κ3) is 2.02. The molecule has 0 N–H and O–H groups in total. The molecule has 1 aromatic carbocycles. The van der Waals surface area contributed by atoms with Crippen molar-refractivity contribution in [3.05, 3.63) is 52.8 Å². The highest BCUT2D eigenvalue weighted by atomic mass is 79.9. The van der Waals surface area contributed by atoms with Crippen molar-refractivity contribution in [1.82, 2.24) is 9.38 Å². The number of aromatic nitrogens is 2. The molecule has 3 rings (SSSR count). The van der Waals surface area contributed by atoms with E-state index >= 15 is 0 Å². The lowest BCUT2D eigenvalue weighted by Crippen LogP contribution is -1.90. The van der Waals surface area contributed by atoms with Gasteiger partial charge in [0.25, 0.3) is 0 Å². The zero-order chi connectivity index (χ0) is 13.4. The van der Waals surface area contributed by atoms with Crippen LogP contribution in [0.1, 0.15) is 5.56 Å². The normalized spacial score (nSPS) is 10.9. The van der Waals surface area contributed by atoms with Crippen LogP contribution in [0.2, 0.25) is 0 Å². The Morgan fingerprint density at radius 1 is 1.16 bits per heavy atom. The Morgan fingerprint density at radius 2 is 1.89 bits per heavy atom. The predicted octanol–water partition coefficient (Wildman–Crippen LogP) is 4.08. The highest BCUT2D eigenvalue weighted by Gasteiger charge is 2.12. The van der Waals surface area contributed by atoms with E-state index in [1.807, 2.05) is 36.5 Å². The van der Waals surface area contributed by atoms with Crippen molar-refractivity contribution in [2.24, 2.45) is 0 Å². The summed E-state index contributed by atoms with van der Waals surface area (Å²) in [5.41, 5.74) is 3.36. The zero-order valence-electron chi connectivity index (χ0n) is 10.7. The van der Waals surface area contributed by atoms with E-state index in [-0.39, 0.29) is 0 Å². The van der Waals surface area contributed by atoms with Gasteiger partial charge in [0.15, 0.2) is 0 Å². The maximum atomic E-state index is 5.18. The number of methoxy groups -OCH3 is 1. The van der Waals surface area contributed by atoms with Gasteiger partial charge in [-0.15, -0.1) is 0 Å². The summed E-state index contributed by atoms with van der Waals surface area (Å²) in [6.07, 6.45) is 2.03. The molecule has 2 aromatic heterocycles. The number of aryl methyl sites for hydroxylation is 1. The number of fused-ring (bicyclic) bond motifs is 1. The van der Waals surface area contributed by atoms with E-state index in [1.54, 1.807) is 7.11 Å². The Kier molecular flexibility index (Phi) is 3.03. The van der Waals surface area contributed by atoms with Crippen molar-refractivity contribution in [3.63, 3.8) is 0 Å². The van der Waals surface area contributed by atoms with Crippen LogP contribution in [-0.2, 0) is 0 Å². The SMILES string of the molecule is COc1ccc(-c2nc(Br)c3c(C)cccn23)cc1. The Bertz CT molecular complexity index is 732. The fourth-order valence-corrected chi connectivity index (χ4v) is 2.87. The number of hydrogen-bond donors (Lipinski definition) is 0. The largest absolute Gasteiger partial charge is 0.497 e. The highest BCUT2D eigenvalue weighted by molar-refractivity contribution is 9.10. The fraction of sp³-hybridized carbons (Fsp3) is 0.133. The first-order valence-electron chi connectivity index (χ1n) is 5.98. The van der Waals surface area contributed by atoms with E-state index in [4.69, 9.17) is 4.74 Å². The molecule has 0 fully saturated rings. The first-order valence-corrected chi connectivity index (χ1v) is 6.77. The molecule has 0 aliphatic carbocycles. The van der Waals surface area contributed by atoms with Crippen LogP contribution < -0.4 is 4.74 Å². The number of nitrogens with zero attached hydrogens (tertiary/aromatic N) is 2. The van der Waals surface area contributed by atoms with Gasteiger partial charge >= 0.3 is 0 Å². The minimum absolute atomic E-state index is 0.847. The number of pyridine rings is 1. The number of imidazole rings is 1. The molecule has 3 aromatic rings. The zero-order valence-corrected chi connectivity index (χ0v) is 12.3. The van der Waals surface area contributed by atoms with Crippen molar-refractivity contribution < 1.29 is 4.74 Å². The lowest BCUT2D eigenvalue weighted by molar-refractivity contribution is 0.415. The van der Waals surface area contributed by atoms with Crippen molar-refractivity contribution in [3.8, 4) is 17.1 Å². The molecular weight excluding hydrogens is 304 g/mol. The summed E-state index contributed by atoms with van der Waals surface area (Å²) in [6.45, 7) is 2.08. The quantitative estimate of drug-likeness (QED) is 0.712. The third-order valence-electron chi connectivity index (χ3n) is 3.17. The Balaban J connectivity index is 2.22. The van der Waals surface area contributed by atoms with Crippen LogP contribution in [0.3, 0.4) is 0 Å². The molecule has 3 nitrogen and oxygen atoms in total. The number of benzene rings is 1. The van der Waals surface area contributed by atoms with E-state index < -0.39 is 0 Å². The van der Waals surface area contributed by atoms with Gasteiger partial charge in [-0.1, -0.05) is 6.07 Å². The van der Waals surface area contributed by atoms with Crippen molar-refractivity contribution in [2.75, 3.05) is 7.11 Å². The molecule has 0 spiro atoms. The molecule has 0 radical (unpaired) electrons. The van der Waals surface area contributed by atoms with Crippen molar-refractivity contribution >= 4 is 21.4 Å². The average Bonchev–Trinajstić information content (AvgIpc) is 2.78.